The van der Waals surface area contributed by atoms with Gasteiger partial charge in [0.2, 0.25) is 5.91 Å². The van der Waals surface area contributed by atoms with Gasteiger partial charge in [-0.3, -0.25) is 4.79 Å². The Morgan fingerprint density at radius 3 is 3.06 bits per heavy atom. The number of likely N-dealkylation sites (tertiary alicyclic amines) is 1. The summed E-state index contributed by atoms with van der Waals surface area (Å²) in [6.45, 7) is 4.76. The minimum absolute atomic E-state index is 0.0314. The Kier molecular flexibility index (Phi) is 4.58. The Morgan fingerprint density at radius 2 is 2.44 bits per heavy atom. The average Bonchev–Trinajstić information content (AvgIpc) is 2.46. The zero-order valence-corrected chi connectivity index (χ0v) is 11.0. The molecule has 0 spiro atoms. The molecule has 0 saturated carbocycles. The number of amides is 1. The van der Waals surface area contributed by atoms with Crippen molar-refractivity contribution in [2.45, 2.75) is 32.6 Å². The third kappa shape index (κ3) is 2.83. The Labute approximate surface area is 108 Å². The van der Waals surface area contributed by atoms with E-state index in [0.717, 1.165) is 31.6 Å². The van der Waals surface area contributed by atoms with E-state index >= 15 is 0 Å². The van der Waals surface area contributed by atoms with Crippen molar-refractivity contribution in [2.75, 3.05) is 26.3 Å². The molecule has 2 unspecified atom stereocenters. The minimum Gasteiger partial charge on any atom is -0.411 e. The van der Waals surface area contributed by atoms with Crippen molar-refractivity contribution >= 4 is 11.6 Å². The zero-order chi connectivity index (χ0) is 13.0. The smallest absolute Gasteiger partial charge is 0.228 e. The molecule has 0 bridgehead atoms. The molecule has 2 atom stereocenters. The van der Waals surface area contributed by atoms with Crippen LogP contribution in [0.25, 0.3) is 0 Å². The first-order valence-corrected chi connectivity index (χ1v) is 6.83. The van der Waals surface area contributed by atoms with Gasteiger partial charge in [-0.15, -0.1) is 0 Å². The second kappa shape index (κ2) is 6.18. The maximum atomic E-state index is 12.4. The Hall–Kier alpha value is -1.10. The summed E-state index contributed by atoms with van der Waals surface area (Å²) in [5.41, 5.74) is 0.835. The summed E-state index contributed by atoms with van der Waals surface area (Å²) in [6.07, 6.45) is 3.51. The lowest BCUT2D eigenvalue weighted by Crippen LogP contribution is -2.47. The molecule has 0 aromatic carbocycles. The second-order valence-electron chi connectivity index (χ2n) is 5.14. The van der Waals surface area contributed by atoms with Crippen LogP contribution in [0.5, 0.6) is 0 Å². The van der Waals surface area contributed by atoms with E-state index in [-0.39, 0.29) is 17.7 Å². The summed E-state index contributed by atoms with van der Waals surface area (Å²) < 4.78 is 5.38. The molecule has 0 radical (unpaired) electrons. The topological polar surface area (TPSA) is 62.1 Å². The van der Waals surface area contributed by atoms with Gasteiger partial charge in [0, 0.05) is 32.0 Å². The van der Waals surface area contributed by atoms with Gasteiger partial charge in [-0.25, -0.2) is 0 Å². The molecule has 0 aromatic rings. The molecule has 0 aliphatic carbocycles. The first kappa shape index (κ1) is 13.3. The van der Waals surface area contributed by atoms with Crippen LogP contribution in [0.1, 0.15) is 32.6 Å². The maximum Gasteiger partial charge on any atom is 0.228 e. The fraction of sp³-hybridized carbons (Fsp3) is 0.846. The van der Waals surface area contributed by atoms with Crippen LogP contribution in [0.3, 0.4) is 0 Å². The molecule has 2 aliphatic rings. The lowest BCUT2D eigenvalue weighted by atomic mass is 9.91. The first-order valence-electron chi connectivity index (χ1n) is 6.83. The fourth-order valence-corrected chi connectivity index (χ4v) is 2.81. The Balaban J connectivity index is 1.95. The fourth-order valence-electron chi connectivity index (χ4n) is 2.81. The third-order valence-corrected chi connectivity index (χ3v) is 3.99. The number of oxime groups is 1. The van der Waals surface area contributed by atoms with Gasteiger partial charge in [0.15, 0.2) is 0 Å². The molecule has 2 saturated heterocycles. The van der Waals surface area contributed by atoms with Gasteiger partial charge in [-0.05, 0) is 19.3 Å². The third-order valence-electron chi connectivity index (χ3n) is 3.99. The number of piperidine rings is 1. The number of ether oxygens (including phenoxy) is 1. The average molecular weight is 254 g/mol. The van der Waals surface area contributed by atoms with Crippen LogP contribution in [0.4, 0.5) is 0 Å². The van der Waals surface area contributed by atoms with Crippen LogP contribution in [0.15, 0.2) is 5.16 Å². The van der Waals surface area contributed by atoms with E-state index in [1.807, 2.05) is 4.90 Å². The highest BCUT2D eigenvalue weighted by atomic mass is 16.5. The molecule has 2 aliphatic heterocycles. The number of hydrogen-bond donors (Lipinski definition) is 1. The van der Waals surface area contributed by atoms with Crippen LogP contribution in [-0.4, -0.2) is 48.0 Å². The van der Waals surface area contributed by atoms with Crippen molar-refractivity contribution in [2.24, 2.45) is 17.0 Å². The van der Waals surface area contributed by atoms with Crippen molar-refractivity contribution in [3.05, 3.63) is 0 Å². The second-order valence-corrected chi connectivity index (χ2v) is 5.14. The van der Waals surface area contributed by atoms with Gasteiger partial charge in [-0.2, -0.15) is 0 Å². The monoisotopic (exact) mass is 254 g/mol. The van der Waals surface area contributed by atoms with E-state index in [2.05, 4.69) is 12.1 Å². The van der Waals surface area contributed by atoms with E-state index in [0.29, 0.717) is 26.1 Å². The van der Waals surface area contributed by atoms with Gasteiger partial charge in [-0.1, -0.05) is 12.1 Å². The molecule has 2 heterocycles. The van der Waals surface area contributed by atoms with E-state index < -0.39 is 0 Å². The molecular formula is C13H22N2O3. The van der Waals surface area contributed by atoms with Crippen molar-refractivity contribution in [1.82, 2.24) is 4.90 Å². The van der Waals surface area contributed by atoms with Crippen LogP contribution >= 0.6 is 0 Å². The summed E-state index contributed by atoms with van der Waals surface area (Å²) in [5.74, 6) is 0.450. The lowest BCUT2D eigenvalue weighted by Gasteiger charge is -2.35. The van der Waals surface area contributed by atoms with Crippen LogP contribution in [0.2, 0.25) is 0 Å². The van der Waals surface area contributed by atoms with Gasteiger partial charge in [0.25, 0.3) is 0 Å². The molecule has 2 fully saturated rings. The van der Waals surface area contributed by atoms with Crippen molar-refractivity contribution in [3.8, 4) is 0 Å². The van der Waals surface area contributed by atoms with E-state index in [9.17, 15) is 4.79 Å². The Morgan fingerprint density at radius 1 is 1.61 bits per heavy atom. The number of hydrogen-bond acceptors (Lipinski definition) is 4. The lowest BCUT2D eigenvalue weighted by molar-refractivity contribution is -0.140. The molecule has 5 heteroatoms. The number of carbonyl (C=O) groups excluding carboxylic acids is 1. The van der Waals surface area contributed by atoms with E-state index in [4.69, 9.17) is 9.94 Å². The number of nitrogens with zero attached hydrogens (tertiary/aromatic N) is 2. The summed E-state index contributed by atoms with van der Waals surface area (Å²) in [5, 5.41) is 12.3. The predicted molar refractivity (Wildman–Crippen MR) is 67.7 cm³/mol. The molecule has 2 rings (SSSR count). The quantitative estimate of drug-likeness (QED) is 0.600. The number of carbonyl (C=O) groups is 1. The standard InChI is InChI=1S/C13H22N2O3/c1-2-10-8-15(6-5-12(10)14-17)13(16)11-4-3-7-18-9-11/h10-11,17H,2-9H2,1H3. The Bertz CT molecular complexity index is 324. The minimum atomic E-state index is 0.0314. The predicted octanol–water partition coefficient (Wildman–Crippen LogP) is 1.50. The normalized spacial score (nSPS) is 31.6. The highest BCUT2D eigenvalue weighted by molar-refractivity contribution is 5.89. The largest absolute Gasteiger partial charge is 0.411 e. The summed E-state index contributed by atoms with van der Waals surface area (Å²) >= 11 is 0. The van der Waals surface area contributed by atoms with Crippen molar-refractivity contribution in [3.63, 3.8) is 0 Å². The van der Waals surface area contributed by atoms with Crippen molar-refractivity contribution in [1.29, 1.82) is 0 Å². The molecular weight excluding hydrogens is 232 g/mol. The molecule has 1 N–H and O–H groups in total. The van der Waals surface area contributed by atoms with Gasteiger partial charge in [0.1, 0.15) is 0 Å². The SMILES string of the molecule is CCC1CN(C(=O)C2CCCOC2)CCC1=NO. The molecule has 18 heavy (non-hydrogen) atoms. The zero-order valence-electron chi connectivity index (χ0n) is 11.0. The van der Waals surface area contributed by atoms with Crippen LogP contribution in [-0.2, 0) is 9.53 Å². The summed E-state index contributed by atoms with van der Waals surface area (Å²) in [4.78, 5) is 14.3. The maximum absolute atomic E-state index is 12.4. The highest BCUT2D eigenvalue weighted by Gasteiger charge is 2.32. The highest BCUT2D eigenvalue weighted by Crippen LogP contribution is 2.22. The molecule has 1 amide bonds. The van der Waals surface area contributed by atoms with Gasteiger partial charge in [0.05, 0.1) is 18.2 Å². The summed E-state index contributed by atoms with van der Waals surface area (Å²) in [6, 6.07) is 0. The summed E-state index contributed by atoms with van der Waals surface area (Å²) in [7, 11) is 0. The van der Waals surface area contributed by atoms with Crippen molar-refractivity contribution < 1.29 is 14.7 Å². The van der Waals surface area contributed by atoms with Gasteiger partial charge >= 0.3 is 0 Å². The van der Waals surface area contributed by atoms with E-state index in [1.165, 1.54) is 0 Å². The van der Waals surface area contributed by atoms with E-state index in [1.54, 1.807) is 0 Å². The first-order chi connectivity index (χ1) is 8.76. The van der Waals surface area contributed by atoms with Gasteiger partial charge < -0.3 is 14.8 Å². The van der Waals surface area contributed by atoms with Crippen LogP contribution in [0, 0.1) is 11.8 Å². The molecule has 0 aromatic heterocycles. The molecule has 5 nitrogen and oxygen atoms in total. The number of rotatable bonds is 2. The van der Waals surface area contributed by atoms with Crippen LogP contribution < -0.4 is 0 Å². The molecule has 102 valence electrons.